The fourth-order valence-electron chi connectivity index (χ4n) is 2.74. The second-order valence-corrected chi connectivity index (χ2v) is 7.13. The van der Waals surface area contributed by atoms with E-state index in [0.29, 0.717) is 0 Å². The van der Waals surface area contributed by atoms with E-state index in [2.05, 4.69) is 19.9 Å². The van der Waals surface area contributed by atoms with E-state index in [0.717, 1.165) is 45.4 Å². The predicted molar refractivity (Wildman–Crippen MR) is 101 cm³/mol. The van der Waals surface area contributed by atoms with E-state index in [1.807, 2.05) is 32.3 Å². The Balaban J connectivity index is 1.52. The highest BCUT2D eigenvalue weighted by Gasteiger charge is 2.30. The number of rotatable bonds is 4. The maximum atomic E-state index is 12.9. The number of nitrogens with zero attached hydrogens (tertiary/aromatic N) is 5. The first-order valence-corrected chi connectivity index (χ1v) is 9.06. The van der Waals surface area contributed by atoms with Crippen molar-refractivity contribution in [3.8, 4) is 5.82 Å². The molecule has 28 heavy (non-hydrogen) atoms. The van der Waals surface area contributed by atoms with Crippen LogP contribution >= 0.6 is 11.9 Å². The first-order valence-electron chi connectivity index (χ1n) is 8.25. The van der Waals surface area contributed by atoms with Crippen LogP contribution in [0.4, 0.5) is 18.9 Å². The maximum Gasteiger partial charge on any atom is 0.416 e. The number of hydrogen-bond acceptors (Lipinski definition) is 5. The Bertz CT molecular complexity index is 1150. The van der Waals surface area contributed by atoms with Crippen molar-refractivity contribution in [2.75, 3.05) is 4.72 Å². The van der Waals surface area contributed by atoms with Crippen molar-refractivity contribution >= 4 is 28.5 Å². The van der Waals surface area contributed by atoms with Gasteiger partial charge in [-0.05, 0) is 48.7 Å². The van der Waals surface area contributed by atoms with Crippen molar-refractivity contribution in [3.05, 3.63) is 60.2 Å². The summed E-state index contributed by atoms with van der Waals surface area (Å²) < 4.78 is 44.9. The van der Waals surface area contributed by atoms with E-state index in [1.54, 1.807) is 17.1 Å². The van der Waals surface area contributed by atoms with Gasteiger partial charge in [-0.3, -0.25) is 4.68 Å². The molecule has 10 heteroatoms. The van der Waals surface area contributed by atoms with Crippen molar-refractivity contribution in [1.82, 2.24) is 24.5 Å². The average Bonchev–Trinajstić information content (AvgIpc) is 3.24. The van der Waals surface area contributed by atoms with E-state index < -0.39 is 11.7 Å². The number of halogens is 3. The Morgan fingerprint density at radius 3 is 2.75 bits per heavy atom. The van der Waals surface area contributed by atoms with Gasteiger partial charge in [0.15, 0.2) is 5.82 Å². The largest absolute Gasteiger partial charge is 0.416 e. The van der Waals surface area contributed by atoms with Crippen LogP contribution in [-0.2, 0) is 13.2 Å². The number of alkyl halides is 3. The quantitative estimate of drug-likeness (QED) is 0.504. The van der Waals surface area contributed by atoms with Crippen molar-refractivity contribution in [2.24, 2.45) is 7.05 Å². The molecule has 3 aromatic heterocycles. The molecule has 0 aliphatic carbocycles. The standard InChI is InChI=1S/C18H15F3N6S/c1-11-5-12-9-26(2)24-16(12)7-15(11)25-28-14-8-23-27(10-14)17-6-13(3-4-22-17)18(19,20)21/h3-10,25H,1-2H3. The van der Waals surface area contributed by atoms with Crippen molar-refractivity contribution in [2.45, 2.75) is 18.0 Å². The Labute approximate surface area is 162 Å². The second-order valence-electron chi connectivity index (χ2n) is 6.25. The van der Waals surface area contributed by atoms with Gasteiger partial charge in [-0.15, -0.1) is 0 Å². The number of aromatic nitrogens is 5. The number of fused-ring (bicyclic) bond motifs is 1. The van der Waals surface area contributed by atoms with Crippen LogP contribution in [-0.4, -0.2) is 24.5 Å². The highest BCUT2D eigenvalue weighted by atomic mass is 32.2. The highest BCUT2D eigenvalue weighted by molar-refractivity contribution is 8.00. The highest BCUT2D eigenvalue weighted by Crippen LogP contribution is 2.30. The predicted octanol–water partition coefficient (Wildman–Crippen LogP) is 4.60. The summed E-state index contributed by atoms with van der Waals surface area (Å²) in [6, 6.07) is 5.90. The summed E-state index contributed by atoms with van der Waals surface area (Å²) in [5.41, 5.74) is 2.07. The number of benzene rings is 1. The third kappa shape index (κ3) is 3.68. The third-order valence-electron chi connectivity index (χ3n) is 4.11. The number of aryl methyl sites for hydroxylation is 2. The lowest BCUT2D eigenvalue weighted by Gasteiger charge is -2.08. The molecule has 0 atom stereocenters. The van der Waals surface area contributed by atoms with E-state index in [9.17, 15) is 13.2 Å². The third-order valence-corrected chi connectivity index (χ3v) is 4.88. The van der Waals surface area contributed by atoms with Gasteiger partial charge in [0.25, 0.3) is 0 Å². The van der Waals surface area contributed by atoms with E-state index in [4.69, 9.17) is 0 Å². The molecule has 0 radical (unpaired) electrons. The summed E-state index contributed by atoms with van der Waals surface area (Å²) >= 11 is 1.31. The maximum absolute atomic E-state index is 12.9. The number of pyridine rings is 1. The summed E-state index contributed by atoms with van der Waals surface area (Å²) in [5, 5.41) is 9.56. The molecule has 0 saturated heterocycles. The summed E-state index contributed by atoms with van der Waals surface area (Å²) in [6.07, 6.45) is 1.83. The molecule has 4 aromatic rings. The first kappa shape index (κ1) is 18.4. The molecule has 0 saturated carbocycles. The molecular weight excluding hydrogens is 389 g/mol. The van der Waals surface area contributed by atoms with Gasteiger partial charge in [-0.2, -0.15) is 23.4 Å². The number of nitrogens with one attached hydrogen (secondary N) is 1. The average molecular weight is 404 g/mol. The van der Waals surface area contributed by atoms with E-state index in [1.165, 1.54) is 16.6 Å². The van der Waals surface area contributed by atoms with Gasteiger partial charge < -0.3 is 4.72 Å². The molecule has 0 amide bonds. The summed E-state index contributed by atoms with van der Waals surface area (Å²) in [4.78, 5) is 4.70. The van der Waals surface area contributed by atoms with E-state index in [-0.39, 0.29) is 5.82 Å². The van der Waals surface area contributed by atoms with Crippen LogP contribution in [0.1, 0.15) is 11.1 Å². The minimum Gasteiger partial charge on any atom is -0.325 e. The monoisotopic (exact) mass is 404 g/mol. The van der Waals surface area contributed by atoms with E-state index >= 15 is 0 Å². The van der Waals surface area contributed by atoms with Gasteiger partial charge in [-0.1, -0.05) is 0 Å². The molecule has 4 rings (SSSR count). The molecule has 6 nitrogen and oxygen atoms in total. The Morgan fingerprint density at radius 2 is 1.96 bits per heavy atom. The topological polar surface area (TPSA) is 60.6 Å². The normalized spacial score (nSPS) is 11.9. The van der Waals surface area contributed by atoms with Crippen LogP contribution in [0.15, 0.2) is 53.9 Å². The molecule has 1 N–H and O–H groups in total. The molecule has 0 spiro atoms. The Hall–Kier alpha value is -3.01. The molecule has 0 unspecified atom stereocenters. The van der Waals surface area contributed by atoms with Crippen molar-refractivity contribution in [3.63, 3.8) is 0 Å². The van der Waals surface area contributed by atoms with Crippen LogP contribution in [0.3, 0.4) is 0 Å². The Morgan fingerprint density at radius 1 is 1.14 bits per heavy atom. The van der Waals surface area contributed by atoms with Gasteiger partial charge in [0.2, 0.25) is 0 Å². The van der Waals surface area contributed by atoms with Crippen molar-refractivity contribution in [1.29, 1.82) is 0 Å². The summed E-state index contributed by atoms with van der Waals surface area (Å²) in [5.74, 6) is 0.104. The lowest BCUT2D eigenvalue weighted by Crippen LogP contribution is -2.07. The molecule has 0 fully saturated rings. The van der Waals surface area contributed by atoms with Crippen LogP contribution in [0, 0.1) is 6.92 Å². The smallest absolute Gasteiger partial charge is 0.325 e. The summed E-state index contributed by atoms with van der Waals surface area (Å²) in [6.45, 7) is 1.99. The van der Waals surface area contributed by atoms with Crippen LogP contribution in [0.25, 0.3) is 16.7 Å². The lowest BCUT2D eigenvalue weighted by molar-refractivity contribution is -0.137. The molecule has 144 valence electrons. The number of anilines is 1. The minimum absolute atomic E-state index is 0.104. The van der Waals surface area contributed by atoms with Gasteiger partial charge in [0, 0.05) is 36.7 Å². The molecule has 0 bridgehead atoms. The van der Waals surface area contributed by atoms with Crippen molar-refractivity contribution < 1.29 is 13.2 Å². The molecule has 0 aliphatic rings. The molecule has 1 aromatic carbocycles. The van der Waals surface area contributed by atoms with Crippen LogP contribution in [0.5, 0.6) is 0 Å². The molecule has 0 aliphatic heterocycles. The zero-order valence-electron chi connectivity index (χ0n) is 14.9. The van der Waals surface area contributed by atoms with Gasteiger partial charge in [0.05, 0.1) is 22.2 Å². The lowest BCUT2D eigenvalue weighted by atomic mass is 10.1. The zero-order valence-corrected chi connectivity index (χ0v) is 15.7. The van der Waals surface area contributed by atoms with Gasteiger partial charge in [0.1, 0.15) is 0 Å². The fourth-order valence-corrected chi connectivity index (χ4v) is 3.44. The zero-order chi connectivity index (χ0) is 19.9. The second kappa shape index (κ2) is 6.86. The first-order chi connectivity index (χ1) is 13.3. The molecule has 3 heterocycles. The summed E-state index contributed by atoms with van der Waals surface area (Å²) in [7, 11) is 1.87. The van der Waals surface area contributed by atoms with Crippen LogP contribution < -0.4 is 4.72 Å². The van der Waals surface area contributed by atoms with Gasteiger partial charge >= 0.3 is 6.18 Å². The minimum atomic E-state index is -4.42. The van der Waals surface area contributed by atoms with Gasteiger partial charge in [-0.25, -0.2) is 9.67 Å². The molecular formula is C18H15F3N6S. The number of hydrogen-bond donors (Lipinski definition) is 1. The van der Waals surface area contributed by atoms with Crippen LogP contribution in [0.2, 0.25) is 0 Å². The Kier molecular flexibility index (Phi) is 4.50. The SMILES string of the molecule is Cc1cc2cn(C)nc2cc1NSc1cnn(-c2cc(C(F)(F)F)ccn2)c1. The fraction of sp³-hybridized carbons (Fsp3) is 0.167.